The molecule has 5 heteroatoms. The van der Waals surface area contributed by atoms with Gasteiger partial charge in [-0.1, -0.05) is 26.7 Å². The molecule has 100 valence electrons. The SMILES string of the molecule is CCC(CC)CN(CC)C(=O)COCC(=O)O. The largest absolute Gasteiger partial charge is 0.480 e. The maximum atomic E-state index is 11.7. The number of carbonyl (C=O) groups is 2. The highest BCUT2D eigenvalue weighted by atomic mass is 16.5. The Hall–Kier alpha value is -1.10. The first-order valence-corrected chi connectivity index (χ1v) is 6.12. The van der Waals surface area contributed by atoms with Gasteiger partial charge in [0.2, 0.25) is 5.91 Å². The molecule has 0 aromatic carbocycles. The lowest BCUT2D eigenvalue weighted by molar-refractivity contribution is -0.146. The summed E-state index contributed by atoms with van der Waals surface area (Å²) >= 11 is 0. The molecular formula is C12H23NO4. The molecule has 0 saturated carbocycles. The second-order valence-corrected chi connectivity index (χ2v) is 4.00. The molecule has 0 heterocycles. The lowest BCUT2D eigenvalue weighted by Gasteiger charge is -2.25. The summed E-state index contributed by atoms with van der Waals surface area (Å²) in [5.74, 6) is -0.695. The number of carboxylic acids is 1. The van der Waals surface area contributed by atoms with E-state index in [2.05, 4.69) is 13.8 Å². The van der Waals surface area contributed by atoms with Crippen molar-refractivity contribution >= 4 is 11.9 Å². The van der Waals surface area contributed by atoms with Crippen LogP contribution in [0.5, 0.6) is 0 Å². The molecule has 0 saturated heterocycles. The van der Waals surface area contributed by atoms with E-state index in [0.717, 1.165) is 19.4 Å². The molecular weight excluding hydrogens is 222 g/mol. The smallest absolute Gasteiger partial charge is 0.329 e. The van der Waals surface area contributed by atoms with Crippen molar-refractivity contribution in [2.45, 2.75) is 33.6 Å². The third kappa shape index (κ3) is 6.94. The summed E-state index contributed by atoms with van der Waals surface area (Å²) in [7, 11) is 0. The number of carbonyl (C=O) groups excluding carboxylic acids is 1. The van der Waals surface area contributed by atoms with Gasteiger partial charge in [-0.05, 0) is 12.8 Å². The van der Waals surface area contributed by atoms with Gasteiger partial charge in [-0.15, -0.1) is 0 Å². The predicted octanol–water partition coefficient (Wildman–Crippen LogP) is 1.37. The van der Waals surface area contributed by atoms with Gasteiger partial charge >= 0.3 is 5.97 Å². The highest BCUT2D eigenvalue weighted by molar-refractivity contribution is 5.78. The van der Waals surface area contributed by atoms with Gasteiger partial charge in [-0.25, -0.2) is 4.79 Å². The molecule has 0 rings (SSSR count). The minimum Gasteiger partial charge on any atom is -0.480 e. The normalized spacial score (nSPS) is 10.6. The zero-order valence-corrected chi connectivity index (χ0v) is 10.9. The second kappa shape index (κ2) is 8.98. The van der Waals surface area contributed by atoms with E-state index in [-0.39, 0.29) is 12.5 Å². The first-order valence-electron chi connectivity index (χ1n) is 6.12. The molecule has 0 atom stereocenters. The van der Waals surface area contributed by atoms with E-state index in [1.54, 1.807) is 4.90 Å². The summed E-state index contributed by atoms with van der Waals surface area (Å²) in [5.41, 5.74) is 0. The van der Waals surface area contributed by atoms with Gasteiger partial charge in [0.1, 0.15) is 13.2 Å². The lowest BCUT2D eigenvalue weighted by Crippen LogP contribution is -2.37. The number of ether oxygens (including phenoxy) is 1. The van der Waals surface area contributed by atoms with Gasteiger partial charge in [-0.2, -0.15) is 0 Å². The molecule has 0 fully saturated rings. The van der Waals surface area contributed by atoms with Crippen LogP contribution in [0.2, 0.25) is 0 Å². The van der Waals surface area contributed by atoms with Crippen LogP contribution in [0.25, 0.3) is 0 Å². The minimum absolute atomic E-state index is 0.138. The second-order valence-electron chi connectivity index (χ2n) is 4.00. The number of likely N-dealkylation sites (N-methyl/N-ethyl adjacent to an activating group) is 1. The lowest BCUT2D eigenvalue weighted by atomic mass is 10.0. The summed E-state index contributed by atoms with van der Waals surface area (Å²) < 4.78 is 4.80. The number of rotatable bonds is 9. The molecule has 0 aliphatic carbocycles. The van der Waals surface area contributed by atoms with Gasteiger partial charge in [0, 0.05) is 13.1 Å². The Kier molecular flexibility index (Phi) is 8.40. The molecule has 0 aliphatic heterocycles. The highest BCUT2D eigenvalue weighted by Crippen LogP contribution is 2.09. The van der Waals surface area contributed by atoms with E-state index in [1.807, 2.05) is 6.92 Å². The van der Waals surface area contributed by atoms with Crippen LogP contribution in [-0.4, -0.2) is 48.2 Å². The number of carboxylic acid groups (broad SMARTS) is 1. The Morgan fingerprint density at radius 2 is 1.76 bits per heavy atom. The maximum absolute atomic E-state index is 11.7. The number of hydrogen-bond donors (Lipinski definition) is 1. The van der Waals surface area contributed by atoms with Crippen molar-refractivity contribution in [3.63, 3.8) is 0 Å². The van der Waals surface area contributed by atoms with E-state index in [4.69, 9.17) is 9.84 Å². The summed E-state index contributed by atoms with van der Waals surface area (Å²) in [6.45, 7) is 6.90. The van der Waals surface area contributed by atoms with Gasteiger partial charge in [-0.3, -0.25) is 4.79 Å². The van der Waals surface area contributed by atoms with Crippen molar-refractivity contribution in [2.75, 3.05) is 26.3 Å². The van der Waals surface area contributed by atoms with E-state index >= 15 is 0 Å². The summed E-state index contributed by atoms with van der Waals surface area (Å²) in [6, 6.07) is 0. The molecule has 17 heavy (non-hydrogen) atoms. The van der Waals surface area contributed by atoms with Crippen LogP contribution < -0.4 is 0 Å². The number of nitrogens with zero attached hydrogens (tertiary/aromatic N) is 1. The van der Waals surface area contributed by atoms with Crippen LogP contribution in [0.4, 0.5) is 0 Å². The molecule has 0 aromatic heterocycles. The van der Waals surface area contributed by atoms with E-state index in [1.165, 1.54) is 0 Å². The molecule has 0 bridgehead atoms. The number of hydrogen-bond acceptors (Lipinski definition) is 3. The molecule has 1 amide bonds. The van der Waals surface area contributed by atoms with E-state index < -0.39 is 12.6 Å². The first-order chi connectivity index (χ1) is 8.04. The van der Waals surface area contributed by atoms with Crippen molar-refractivity contribution < 1.29 is 19.4 Å². The predicted molar refractivity (Wildman–Crippen MR) is 64.8 cm³/mol. The van der Waals surface area contributed by atoms with Gasteiger partial charge in [0.25, 0.3) is 0 Å². The van der Waals surface area contributed by atoms with Crippen LogP contribution in [0.3, 0.4) is 0 Å². The Morgan fingerprint density at radius 1 is 1.18 bits per heavy atom. The fourth-order valence-corrected chi connectivity index (χ4v) is 1.58. The quantitative estimate of drug-likeness (QED) is 0.666. The summed E-state index contributed by atoms with van der Waals surface area (Å²) in [4.78, 5) is 23.7. The Morgan fingerprint density at radius 3 is 2.18 bits per heavy atom. The van der Waals surface area contributed by atoms with Crippen molar-refractivity contribution in [3.8, 4) is 0 Å². The van der Waals surface area contributed by atoms with Crippen molar-refractivity contribution in [2.24, 2.45) is 5.92 Å². The zero-order chi connectivity index (χ0) is 13.3. The molecule has 1 N–H and O–H groups in total. The van der Waals surface area contributed by atoms with Crippen LogP contribution in [0.15, 0.2) is 0 Å². The third-order valence-corrected chi connectivity index (χ3v) is 2.82. The van der Waals surface area contributed by atoms with Crippen molar-refractivity contribution in [1.29, 1.82) is 0 Å². The van der Waals surface area contributed by atoms with Crippen LogP contribution in [0, 0.1) is 5.92 Å². The molecule has 0 aliphatic rings. The summed E-state index contributed by atoms with van der Waals surface area (Å²) in [5, 5.41) is 8.39. The van der Waals surface area contributed by atoms with Crippen LogP contribution in [-0.2, 0) is 14.3 Å². The molecule has 0 unspecified atom stereocenters. The van der Waals surface area contributed by atoms with E-state index in [9.17, 15) is 9.59 Å². The first kappa shape index (κ1) is 15.9. The van der Waals surface area contributed by atoms with Gasteiger partial charge < -0.3 is 14.7 Å². The van der Waals surface area contributed by atoms with Crippen LogP contribution in [0.1, 0.15) is 33.6 Å². The Labute approximate surface area is 103 Å². The standard InChI is InChI=1S/C12H23NO4/c1-4-10(5-2)7-13(6-3)11(14)8-17-9-12(15)16/h10H,4-9H2,1-3H3,(H,15,16). The summed E-state index contributed by atoms with van der Waals surface area (Å²) in [6.07, 6.45) is 2.08. The molecule has 0 radical (unpaired) electrons. The molecule has 0 spiro atoms. The maximum Gasteiger partial charge on any atom is 0.329 e. The average Bonchev–Trinajstić information content (AvgIpc) is 2.30. The monoisotopic (exact) mass is 245 g/mol. The average molecular weight is 245 g/mol. The number of aliphatic carboxylic acids is 1. The van der Waals surface area contributed by atoms with Gasteiger partial charge in [0.15, 0.2) is 0 Å². The zero-order valence-electron chi connectivity index (χ0n) is 10.9. The topological polar surface area (TPSA) is 66.8 Å². The van der Waals surface area contributed by atoms with E-state index in [0.29, 0.717) is 12.5 Å². The molecule has 0 aromatic rings. The fourth-order valence-electron chi connectivity index (χ4n) is 1.58. The van der Waals surface area contributed by atoms with Crippen molar-refractivity contribution in [1.82, 2.24) is 4.90 Å². The van der Waals surface area contributed by atoms with Crippen molar-refractivity contribution in [3.05, 3.63) is 0 Å². The third-order valence-electron chi connectivity index (χ3n) is 2.82. The van der Waals surface area contributed by atoms with Gasteiger partial charge in [0.05, 0.1) is 0 Å². The Bertz CT molecular complexity index is 239. The number of amides is 1. The molecule has 5 nitrogen and oxygen atoms in total. The van der Waals surface area contributed by atoms with Crippen LogP contribution >= 0.6 is 0 Å². The minimum atomic E-state index is -1.05. The fraction of sp³-hybridized carbons (Fsp3) is 0.833. The highest BCUT2D eigenvalue weighted by Gasteiger charge is 2.15. The Balaban J connectivity index is 4.07.